The van der Waals surface area contributed by atoms with Gasteiger partial charge in [-0.3, -0.25) is 0 Å². The zero-order valence-corrected chi connectivity index (χ0v) is 8.28. The van der Waals surface area contributed by atoms with E-state index in [0.29, 0.717) is 4.75 Å². The second-order valence-corrected chi connectivity index (χ2v) is 4.30. The smallest absolute Gasteiger partial charge is 0.0153 e. The average molecular weight is 182 g/mol. The average Bonchev–Trinajstić information content (AvgIpc) is 1.90. The monoisotopic (exact) mass is 181 g/mol. The Morgan fingerprint density at radius 3 is 2.10 bits per heavy atom. The van der Waals surface area contributed by atoms with E-state index in [-0.39, 0.29) is 12.4 Å². The summed E-state index contributed by atoms with van der Waals surface area (Å²) in [4.78, 5) is 0. The molecule has 62 valence electrons. The Hall–Kier alpha value is 0.600. The fourth-order valence-corrected chi connectivity index (χ4v) is 1.77. The maximum Gasteiger partial charge on any atom is 0.0153 e. The molecule has 0 aliphatic carbocycles. The van der Waals surface area contributed by atoms with Gasteiger partial charge in [-0.2, -0.15) is 11.8 Å². The van der Waals surface area contributed by atoms with Gasteiger partial charge in [-0.15, -0.1) is 12.4 Å². The number of nitrogens with one attached hydrogen (secondary N) is 1. The molecule has 1 nitrogen and oxygen atoms in total. The third kappa shape index (κ3) is 2.69. The number of hydrogen-bond acceptors (Lipinski definition) is 2. The molecule has 0 aromatic rings. The maximum absolute atomic E-state index is 3.36. The van der Waals surface area contributed by atoms with Crippen LogP contribution >= 0.6 is 24.2 Å². The van der Waals surface area contributed by atoms with E-state index in [2.05, 4.69) is 18.5 Å². The van der Waals surface area contributed by atoms with Crippen molar-refractivity contribution in [2.75, 3.05) is 19.3 Å². The molecule has 0 bridgehead atoms. The van der Waals surface area contributed by atoms with E-state index in [4.69, 9.17) is 0 Å². The summed E-state index contributed by atoms with van der Waals surface area (Å²) in [6, 6.07) is 0. The first kappa shape index (κ1) is 10.6. The molecule has 0 unspecified atom stereocenters. The molecule has 1 fully saturated rings. The summed E-state index contributed by atoms with van der Waals surface area (Å²) >= 11 is 2.01. The van der Waals surface area contributed by atoms with Gasteiger partial charge in [-0.25, -0.2) is 0 Å². The molecule has 0 spiro atoms. The minimum absolute atomic E-state index is 0. The third-order valence-corrected chi connectivity index (χ3v) is 3.55. The van der Waals surface area contributed by atoms with Crippen LogP contribution in [-0.4, -0.2) is 24.1 Å². The van der Waals surface area contributed by atoms with Crippen LogP contribution in [0, 0.1) is 0 Å². The van der Waals surface area contributed by atoms with Gasteiger partial charge >= 0.3 is 0 Å². The zero-order chi connectivity index (χ0) is 6.74. The van der Waals surface area contributed by atoms with Crippen molar-refractivity contribution in [3.8, 4) is 0 Å². The molecule has 1 N–H and O–H groups in total. The Morgan fingerprint density at radius 1 is 1.30 bits per heavy atom. The second kappa shape index (κ2) is 4.47. The quantitative estimate of drug-likeness (QED) is 0.664. The molecule has 0 aromatic carbocycles. The van der Waals surface area contributed by atoms with Gasteiger partial charge in [-0.1, -0.05) is 6.92 Å². The van der Waals surface area contributed by atoms with Crippen molar-refractivity contribution < 1.29 is 0 Å². The first-order valence-corrected chi connectivity index (χ1v) is 4.75. The minimum Gasteiger partial charge on any atom is -0.317 e. The van der Waals surface area contributed by atoms with E-state index in [0.717, 1.165) is 0 Å². The number of rotatable bonds is 1. The highest BCUT2D eigenvalue weighted by atomic mass is 35.5. The molecule has 1 aliphatic heterocycles. The van der Waals surface area contributed by atoms with Crippen LogP contribution < -0.4 is 5.32 Å². The molecule has 1 rings (SSSR count). The number of thioether (sulfide) groups is 1. The lowest BCUT2D eigenvalue weighted by atomic mass is 10.00. The lowest BCUT2D eigenvalue weighted by molar-refractivity contribution is 0.439. The fraction of sp³-hybridized carbons (Fsp3) is 1.00. The van der Waals surface area contributed by atoms with Crippen LogP contribution in [0.1, 0.15) is 19.8 Å². The molecule has 0 saturated carbocycles. The summed E-state index contributed by atoms with van der Waals surface area (Å²) in [6.07, 6.45) is 4.87. The first-order valence-electron chi connectivity index (χ1n) is 3.53. The lowest BCUT2D eigenvalue weighted by Gasteiger charge is -2.31. The van der Waals surface area contributed by atoms with Gasteiger partial charge < -0.3 is 5.32 Å². The Balaban J connectivity index is 0.000000810. The van der Waals surface area contributed by atoms with Crippen molar-refractivity contribution in [1.29, 1.82) is 0 Å². The molecule has 0 atom stereocenters. The van der Waals surface area contributed by atoms with Gasteiger partial charge in [0.25, 0.3) is 0 Å². The van der Waals surface area contributed by atoms with Crippen molar-refractivity contribution in [2.24, 2.45) is 0 Å². The van der Waals surface area contributed by atoms with E-state index < -0.39 is 0 Å². The molecule has 10 heavy (non-hydrogen) atoms. The summed E-state index contributed by atoms with van der Waals surface area (Å²) in [5.41, 5.74) is 0. The van der Waals surface area contributed by atoms with E-state index in [9.17, 15) is 0 Å². The molecular weight excluding hydrogens is 166 g/mol. The Bertz CT molecular complexity index is 91.6. The Morgan fingerprint density at radius 2 is 1.80 bits per heavy atom. The third-order valence-electron chi connectivity index (χ3n) is 2.15. The van der Waals surface area contributed by atoms with E-state index in [1.54, 1.807) is 0 Å². The Labute approximate surface area is 73.7 Å². The summed E-state index contributed by atoms with van der Waals surface area (Å²) < 4.78 is 0.575. The molecule has 1 heterocycles. The predicted molar refractivity (Wildman–Crippen MR) is 51.3 cm³/mol. The number of piperidine rings is 1. The number of hydrogen-bond donors (Lipinski definition) is 1. The SMILES string of the molecule is CSC1(C)CCNCC1.Cl. The van der Waals surface area contributed by atoms with E-state index in [1.807, 2.05) is 11.8 Å². The second-order valence-electron chi connectivity index (χ2n) is 2.90. The maximum atomic E-state index is 3.36. The van der Waals surface area contributed by atoms with Crippen LogP contribution in [0.25, 0.3) is 0 Å². The first-order chi connectivity index (χ1) is 4.27. The topological polar surface area (TPSA) is 12.0 Å². The van der Waals surface area contributed by atoms with Crippen molar-refractivity contribution in [3.63, 3.8) is 0 Å². The normalized spacial score (nSPS) is 23.4. The molecule has 1 aliphatic rings. The van der Waals surface area contributed by atoms with Crippen molar-refractivity contribution in [1.82, 2.24) is 5.32 Å². The summed E-state index contributed by atoms with van der Waals surface area (Å²) in [5, 5.41) is 3.36. The van der Waals surface area contributed by atoms with Crippen LogP contribution in [0.4, 0.5) is 0 Å². The van der Waals surface area contributed by atoms with Crippen molar-refractivity contribution in [2.45, 2.75) is 24.5 Å². The van der Waals surface area contributed by atoms with Crippen molar-refractivity contribution >= 4 is 24.2 Å². The Kier molecular flexibility index (Phi) is 4.74. The molecule has 3 heteroatoms. The lowest BCUT2D eigenvalue weighted by Crippen LogP contribution is -2.36. The molecule has 0 radical (unpaired) electrons. The molecular formula is C7H16ClNS. The predicted octanol–water partition coefficient (Wildman–Crippen LogP) is 1.91. The summed E-state index contributed by atoms with van der Waals surface area (Å²) in [5.74, 6) is 0. The van der Waals surface area contributed by atoms with Gasteiger partial charge in [-0.05, 0) is 32.2 Å². The fourth-order valence-electron chi connectivity index (χ4n) is 1.16. The van der Waals surface area contributed by atoms with Gasteiger partial charge in [0, 0.05) is 4.75 Å². The van der Waals surface area contributed by atoms with Gasteiger partial charge in [0.2, 0.25) is 0 Å². The zero-order valence-electron chi connectivity index (χ0n) is 6.64. The van der Waals surface area contributed by atoms with Crippen LogP contribution in [0.2, 0.25) is 0 Å². The highest BCUT2D eigenvalue weighted by Crippen LogP contribution is 2.30. The number of halogens is 1. The van der Waals surface area contributed by atoms with Crippen LogP contribution in [0.5, 0.6) is 0 Å². The van der Waals surface area contributed by atoms with Crippen LogP contribution in [0.15, 0.2) is 0 Å². The van der Waals surface area contributed by atoms with Gasteiger partial charge in [0.15, 0.2) is 0 Å². The molecule has 1 saturated heterocycles. The molecule has 0 amide bonds. The standard InChI is InChI=1S/C7H15NS.ClH/c1-7(9-2)3-5-8-6-4-7;/h8H,3-6H2,1-2H3;1H. The largest absolute Gasteiger partial charge is 0.317 e. The highest BCUT2D eigenvalue weighted by molar-refractivity contribution is 7.99. The minimum atomic E-state index is 0. The van der Waals surface area contributed by atoms with Gasteiger partial charge in [0.1, 0.15) is 0 Å². The highest BCUT2D eigenvalue weighted by Gasteiger charge is 2.24. The van der Waals surface area contributed by atoms with E-state index in [1.165, 1.54) is 25.9 Å². The van der Waals surface area contributed by atoms with Crippen LogP contribution in [-0.2, 0) is 0 Å². The summed E-state index contributed by atoms with van der Waals surface area (Å²) in [7, 11) is 0. The van der Waals surface area contributed by atoms with Crippen LogP contribution in [0.3, 0.4) is 0 Å². The van der Waals surface area contributed by atoms with E-state index >= 15 is 0 Å². The van der Waals surface area contributed by atoms with Crippen molar-refractivity contribution in [3.05, 3.63) is 0 Å². The molecule has 0 aromatic heterocycles. The summed E-state index contributed by atoms with van der Waals surface area (Å²) in [6.45, 7) is 4.77. The van der Waals surface area contributed by atoms with Gasteiger partial charge in [0.05, 0.1) is 0 Å².